The number of nitrogens with one attached hydrogen (secondary N) is 1. The first-order valence-electron chi connectivity index (χ1n) is 5.45. The first-order chi connectivity index (χ1) is 8.20. The van der Waals surface area contributed by atoms with Crippen LogP contribution in [0.25, 0.3) is 0 Å². The van der Waals surface area contributed by atoms with Gasteiger partial charge in [0.1, 0.15) is 0 Å². The number of hydrazine groups is 1. The van der Waals surface area contributed by atoms with Gasteiger partial charge in [-0.2, -0.15) is 0 Å². The van der Waals surface area contributed by atoms with Crippen molar-refractivity contribution in [1.29, 1.82) is 0 Å². The van der Waals surface area contributed by atoms with E-state index >= 15 is 0 Å². The van der Waals surface area contributed by atoms with Crippen molar-refractivity contribution in [2.45, 2.75) is 19.4 Å². The molecular weight excluding hydrogens is 252 g/mol. The van der Waals surface area contributed by atoms with E-state index in [1.807, 2.05) is 19.1 Å². The minimum atomic E-state index is 0.129. The van der Waals surface area contributed by atoms with Gasteiger partial charge in [-0.15, -0.1) is 11.3 Å². The van der Waals surface area contributed by atoms with E-state index in [9.17, 15) is 0 Å². The maximum Gasteiger partial charge on any atom is 0.0508 e. The third kappa shape index (κ3) is 3.07. The Kier molecular flexibility index (Phi) is 4.18. The van der Waals surface area contributed by atoms with E-state index < -0.39 is 0 Å². The Labute approximate surface area is 110 Å². The molecule has 0 fully saturated rings. The first-order valence-corrected chi connectivity index (χ1v) is 6.71. The number of thiophene rings is 1. The van der Waals surface area contributed by atoms with E-state index in [4.69, 9.17) is 17.4 Å². The van der Waals surface area contributed by atoms with Crippen LogP contribution in [0.4, 0.5) is 0 Å². The molecule has 0 aliphatic heterocycles. The number of benzene rings is 1. The largest absolute Gasteiger partial charge is 0.271 e. The lowest BCUT2D eigenvalue weighted by atomic mass is 10.0. The topological polar surface area (TPSA) is 38.0 Å². The van der Waals surface area contributed by atoms with Crippen LogP contribution < -0.4 is 11.3 Å². The van der Waals surface area contributed by atoms with Crippen molar-refractivity contribution in [2.24, 2.45) is 5.84 Å². The third-order valence-corrected chi connectivity index (χ3v) is 4.09. The van der Waals surface area contributed by atoms with Gasteiger partial charge in [0.2, 0.25) is 0 Å². The number of hydrogen-bond donors (Lipinski definition) is 2. The van der Waals surface area contributed by atoms with Gasteiger partial charge in [0.05, 0.1) is 6.04 Å². The summed E-state index contributed by atoms with van der Waals surface area (Å²) >= 11 is 7.77. The normalized spacial score (nSPS) is 12.6. The Morgan fingerprint density at radius 2 is 2.24 bits per heavy atom. The lowest BCUT2D eigenvalue weighted by Crippen LogP contribution is -2.29. The lowest BCUT2D eigenvalue weighted by molar-refractivity contribution is 0.555. The predicted octanol–water partition coefficient (Wildman–Crippen LogP) is 3.46. The van der Waals surface area contributed by atoms with Crippen LogP contribution in [0.2, 0.25) is 5.02 Å². The molecular formula is C13H15ClN2S. The van der Waals surface area contributed by atoms with Crippen molar-refractivity contribution in [1.82, 2.24) is 5.43 Å². The van der Waals surface area contributed by atoms with Gasteiger partial charge in [0, 0.05) is 16.3 Å². The third-order valence-electron chi connectivity index (χ3n) is 2.77. The lowest BCUT2D eigenvalue weighted by Gasteiger charge is -2.16. The van der Waals surface area contributed by atoms with Gasteiger partial charge in [0.25, 0.3) is 0 Å². The first kappa shape index (κ1) is 12.6. The maximum absolute atomic E-state index is 6.02. The summed E-state index contributed by atoms with van der Waals surface area (Å²) in [6, 6.07) is 10.3. The average Bonchev–Trinajstić information content (AvgIpc) is 2.82. The summed E-state index contributed by atoms with van der Waals surface area (Å²) in [5, 5.41) is 2.87. The molecule has 0 amide bonds. The molecule has 17 heavy (non-hydrogen) atoms. The Bertz CT molecular complexity index is 482. The summed E-state index contributed by atoms with van der Waals surface area (Å²) in [7, 11) is 0. The van der Waals surface area contributed by atoms with E-state index in [1.54, 1.807) is 11.3 Å². The van der Waals surface area contributed by atoms with Crippen LogP contribution in [0.1, 0.15) is 22.0 Å². The second-order valence-corrected chi connectivity index (χ2v) is 5.45. The van der Waals surface area contributed by atoms with Crippen LogP contribution in [0.5, 0.6) is 0 Å². The summed E-state index contributed by atoms with van der Waals surface area (Å²) in [4.78, 5) is 1.32. The number of aryl methyl sites for hydroxylation is 1. The molecule has 0 spiro atoms. The number of hydrogen-bond acceptors (Lipinski definition) is 3. The van der Waals surface area contributed by atoms with Crippen LogP contribution in [0.3, 0.4) is 0 Å². The van der Waals surface area contributed by atoms with Gasteiger partial charge in [0.15, 0.2) is 0 Å². The molecule has 90 valence electrons. The van der Waals surface area contributed by atoms with Gasteiger partial charge in [-0.05, 0) is 35.6 Å². The SMILES string of the molecule is Cc1cc(C(Cc2cccs2)NN)ccc1Cl. The highest BCUT2D eigenvalue weighted by molar-refractivity contribution is 7.09. The highest BCUT2D eigenvalue weighted by Gasteiger charge is 2.12. The van der Waals surface area contributed by atoms with Crippen LogP contribution >= 0.6 is 22.9 Å². The molecule has 2 aromatic rings. The summed E-state index contributed by atoms with van der Waals surface area (Å²) < 4.78 is 0. The van der Waals surface area contributed by atoms with Gasteiger partial charge >= 0.3 is 0 Å². The van der Waals surface area contributed by atoms with Crippen molar-refractivity contribution in [2.75, 3.05) is 0 Å². The summed E-state index contributed by atoms with van der Waals surface area (Å²) in [5.41, 5.74) is 5.12. The Morgan fingerprint density at radius 1 is 1.41 bits per heavy atom. The highest BCUT2D eigenvalue weighted by Crippen LogP contribution is 2.24. The quantitative estimate of drug-likeness (QED) is 0.657. The van der Waals surface area contributed by atoms with E-state index in [0.717, 1.165) is 17.0 Å². The van der Waals surface area contributed by atoms with E-state index in [0.29, 0.717) is 0 Å². The zero-order valence-corrected chi connectivity index (χ0v) is 11.2. The van der Waals surface area contributed by atoms with Crippen molar-refractivity contribution in [3.63, 3.8) is 0 Å². The minimum absolute atomic E-state index is 0.129. The Morgan fingerprint density at radius 3 is 2.82 bits per heavy atom. The van der Waals surface area contributed by atoms with Crippen LogP contribution in [0, 0.1) is 6.92 Å². The predicted molar refractivity (Wildman–Crippen MR) is 74.3 cm³/mol. The van der Waals surface area contributed by atoms with Crippen molar-refractivity contribution < 1.29 is 0 Å². The fourth-order valence-corrected chi connectivity index (χ4v) is 2.66. The monoisotopic (exact) mass is 266 g/mol. The average molecular weight is 267 g/mol. The molecule has 2 rings (SSSR count). The molecule has 2 nitrogen and oxygen atoms in total. The molecule has 3 N–H and O–H groups in total. The molecule has 0 radical (unpaired) electrons. The number of nitrogens with two attached hydrogens (primary N) is 1. The standard InChI is InChI=1S/C13H15ClN2S/c1-9-7-10(4-5-12(9)14)13(16-15)8-11-3-2-6-17-11/h2-7,13,16H,8,15H2,1H3. The molecule has 0 saturated carbocycles. The highest BCUT2D eigenvalue weighted by atomic mass is 35.5. The van der Waals surface area contributed by atoms with E-state index in [2.05, 4.69) is 29.0 Å². The van der Waals surface area contributed by atoms with Crippen LogP contribution in [-0.4, -0.2) is 0 Å². The van der Waals surface area contributed by atoms with Crippen molar-refractivity contribution in [3.8, 4) is 0 Å². The van der Waals surface area contributed by atoms with Crippen molar-refractivity contribution in [3.05, 3.63) is 56.7 Å². The molecule has 4 heteroatoms. The number of halogens is 1. The smallest absolute Gasteiger partial charge is 0.0508 e. The zero-order valence-electron chi connectivity index (χ0n) is 9.61. The van der Waals surface area contributed by atoms with Gasteiger partial charge in [-0.25, -0.2) is 0 Å². The summed E-state index contributed by atoms with van der Waals surface area (Å²) in [6.45, 7) is 2.00. The summed E-state index contributed by atoms with van der Waals surface area (Å²) in [5.74, 6) is 5.63. The fourth-order valence-electron chi connectivity index (χ4n) is 1.79. The van der Waals surface area contributed by atoms with Gasteiger partial charge in [-0.3, -0.25) is 11.3 Å². The molecule has 0 bridgehead atoms. The minimum Gasteiger partial charge on any atom is -0.271 e. The molecule has 1 aromatic heterocycles. The van der Waals surface area contributed by atoms with Gasteiger partial charge < -0.3 is 0 Å². The molecule has 1 heterocycles. The Hall–Kier alpha value is -0.870. The molecule has 0 saturated heterocycles. The molecule has 0 aliphatic rings. The van der Waals surface area contributed by atoms with Crippen LogP contribution in [0.15, 0.2) is 35.7 Å². The zero-order chi connectivity index (χ0) is 12.3. The van der Waals surface area contributed by atoms with Crippen LogP contribution in [-0.2, 0) is 6.42 Å². The van der Waals surface area contributed by atoms with E-state index in [1.165, 1.54) is 10.4 Å². The number of rotatable bonds is 4. The van der Waals surface area contributed by atoms with Gasteiger partial charge in [-0.1, -0.05) is 29.8 Å². The fraction of sp³-hybridized carbons (Fsp3) is 0.231. The van der Waals surface area contributed by atoms with E-state index in [-0.39, 0.29) is 6.04 Å². The molecule has 1 unspecified atom stereocenters. The molecule has 0 aliphatic carbocycles. The summed E-state index contributed by atoms with van der Waals surface area (Å²) in [6.07, 6.45) is 0.898. The molecule has 1 aromatic carbocycles. The molecule has 1 atom stereocenters. The maximum atomic E-state index is 6.02. The second kappa shape index (κ2) is 5.65. The van der Waals surface area contributed by atoms with Crippen molar-refractivity contribution >= 4 is 22.9 Å². The Balaban J connectivity index is 2.20. The second-order valence-electron chi connectivity index (χ2n) is 4.01.